The summed E-state index contributed by atoms with van der Waals surface area (Å²) in [5.41, 5.74) is 16.8. The SMILES string of the molecule is c1ccc(-c2cc(-c3ccccc3)nc(-c3cccc(-c4c(-n5c6ccccc6c6ccccc65)c(-n5c6ccccc6c6ccccc65)nc(-n5c6ccccc6c6ccccc65)c4-n4c5ccccc5c5ccccc54)c3)n2)cc1. The van der Waals surface area contributed by atoms with Crippen LogP contribution in [0.2, 0.25) is 0 Å². The van der Waals surface area contributed by atoms with Crippen LogP contribution in [0.25, 0.3) is 155 Å². The third-order valence-corrected chi connectivity index (χ3v) is 16.6. The van der Waals surface area contributed by atoms with Gasteiger partial charge in [-0.05, 0) is 66.2 Å². The third kappa shape index (κ3) is 6.87. The van der Waals surface area contributed by atoms with Gasteiger partial charge in [0.2, 0.25) is 0 Å². The van der Waals surface area contributed by atoms with Crippen molar-refractivity contribution < 1.29 is 0 Å². The van der Waals surface area contributed by atoms with E-state index in [1.165, 1.54) is 0 Å². The zero-order valence-electron chi connectivity index (χ0n) is 44.3. The van der Waals surface area contributed by atoms with Gasteiger partial charge in [0.15, 0.2) is 17.5 Å². The lowest BCUT2D eigenvalue weighted by molar-refractivity contribution is 0.961. The van der Waals surface area contributed by atoms with Crippen molar-refractivity contribution in [3.63, 3.8) is 0 Å². The fourth-order valence-corrected chi connectivity index (χ4v) is 13.1. The van der Waals surface area contributed by atoms with Crippen molar-refractivity contribution in [1.29, 1.82) is 0 Å². The first-order valence-electron chi connectivity index (χ1n) is 27.9. The van der Waals surface area contributed by atoms with Gasteiger partial charge in [0.05, 0.1) is 55.5 Å². The molecule has 6 aromatic heterocycles. The van der Waals surface area contributed by atoms with Crippen molar-refractivity contribution in [3.05, 3.63) is 285 Å². The third-order valence-electron chi connectivity index (χ3n) is 16.6. The van der Waals surface area contributed by atoms with E-state index in [9.17, 15) is 0 Å². The fourth-order valence-electron chi connectivity index (χ4n) is 13.1. The molecule has 7 nitrogen and oxygen atoms in total. The van der Waals surface area contributed by atoms with Gasteiger partial charge in [0.25, 0.3) is 0 Å². The standard InChI is InChI=1S/C75H47N7/c1-3-24-48(25-4-1)60-47-61(49-26-5-2-6-27-49)77-73(76-60)51-29-23-28-50(46-51)70-71(79-62-38-15-7-30-52(62)53-31-8-16-39-63(53)79)74(81-66-42-19-11-34-56(66)57-35-12-20-43-67(57)81)78-75(82-68-44-21-13-36-58(68)59-37-14-22-45-69(59)82)72(70)80-64-40-17-9-32-54(64)55-33-10-18-41-65(55)80/h1-47H. The Hall–Kier alpha value is -11.2. The maximum absolute atomic E-state index is 6.41. The van der Waals surface area contributed by atoms with E-state index in [4.69, 9.17) is 15.0 Å². The van der Waals surface area contributed by atoms with E-state index in [-0.39, 0.29) is 0 Å². The van der Waals surface area contributed by atoms with Gasteiger partial charge in [-0.1, -0.05) is 224 Å². The maximum atomic E-state index is 6.41. The molecule has 0 fully saturated rings. The number of nitrogens with zero attached hydrogens (tertiary/aromatic N) is 7. The highest BCUT2D eigenvalue weighted by molar-refractivity contribution is 6.16. The molecule has 17 rings (SSSR count). The van der Waals surface area contributed by atoms with Gasteiger partial charge in [-0.2, -0.15) is 0 Å². The van der Waals surface area contributed by atoms with Gasteiger partial charge in [0.1, 0.15) is 11.4 Å². The molecule has 17 aromatic rings. The lowest BCUT2D eigenvalue weighted by Crippen LogP contribution is -2.16. The second-order valence-corrected chi connectivity index (χ2v) is 21.1. The largest absolute Gasteiger partial charge is 0.305 e. The quantitative estimate of drug-likeness (QED) is 0.152. The van der Waals surface area contributed by atoms with Crippen molar-refractivity contribution in [2.75, 3.05) is 0 Å². The van der Waals surface area contributed by atoms with E-state index >= 15 is 0 Å². The summed E-state index contributed by atoms with van der Waals surface area (Å²) in [7, 11) is 0. The predicted octanol–water partition coefficient (Wildman–Crippen LogP) is 18.9. The van der Waals surface area contributed by atoms with Crippen LogP contribution in [0, 0.1) is 0 Å². The van der Waals surface area contributed by atoms with Gasteiger partial charge in [-0.15, -0.1) is 0 Å². The number of fused-ring (bicyclic) bond motifs is 12. The summed E-state index contributed by atoms with van der Waals surface area (Å²) in [4.78, 5) is 17.3. The summed E-state index contributed by atoms with van der Waals surface area (Å²) < 4.78 is 9.82. The van der Waals surface area contributed by atoms with Crippen LogP contribution in [0.1, 0.15) is 0 Å². The highest BCUT2D eigenvalue weighted by Gasteiger charge is 2.33. The van der Waals surface area contributed by atoms with E-state index in [0.29, 0.717) is 5.82 Å². The molecule has 0 aliphatic heterocycles. The van der Waals surface area contributed by atoms with E-state index < -0.39 is 0 Å². The molecular formula is C75H47N7. The summed E-state index contributed by atoms with van der Waals surface area (Å²) in [6, 6.07) is 102. The predicted molar refractivity (Wildman–Crippen MR) is 339 cm³/mol. The van der Waals surface area contributed by atoms with Crippen LogP contribution in [0.4, 0.5) is 0 Å². The van der Waals surface area contributed by atoms with Crippen molar-refractivity contribution in [2.24, 2.45) is 0 Å². The van der Waals surface area contributed by atoms with Crippen LogP contribution in [0.3, 0.4) is 0 Å². The number of benzene rings is 11. The molecule has 6 heterocycles. The second kappa shape index (κ2) is 18.2. The van der Waals surface area contributed by atoms with Crippen molar-refractivity contribution in [2.45, 2.75) is 0 Å². The summed E-state index contributed by atoms with van der Waals surface area (Å²) in [5, 5.41) is 9.17. The van der Waals surface area contributed by atoms with Crippen LogP contribution in [-0.2, 0) is 0 Å². The smallest absolute Gasteiger partial charge is 0.165 e. The molecule has 0 N–H and O–H groups in total. The molecule has 0 aliphatic rings. The molecular weight excluding hydrogens is 999 g/mol. The first-order chi connectivity index (χ1) is 40.7. The minimum absolute atomic E-state index is 0.623. The Balaban J connectivity index is 1.13. The van der Waals surface area contributed by atoms with Gasteiger partial charge in [-0.3, -0.25) is 9.13 Å². The monoisotopic (exact) mass is 1050 g/mol. The molecule has 0 saturated heterocycles. The highest BCUT2D eigenvalue weighted by Crippen LogP contribution is 2.49. The van der Waals surface area contributed by atoms with Crippen LogP contribution in [-0.4, -0.2) is 33.2 Å². The van der Waals surface area contributed by atoms with Gasteiger partial charge in [-0.25, -0.2) is 15.0 Å². The Morgan fingerprint density at radius 2 is 0.476 bits per heavy atom. The van der Waals surface area contributed by atoms with Crippen LogP contribution >= 0.6 is 0 Å². The Labute approximate surface area is 471 Å². The molecule has 382 valence electrons. The molecule has 11 aromatic carbocycles. The average molecular weight is 1050 g/mol. The molecule has 0 saturated carbocycles. The van der Waals surface area contributed by atoms with Gasteiger partial charge < -0.3 is 9.13 Å². The number of aromatic nitrogens is 7. The minimum Gasteiger partial charge on any atom is -0.305 e. The van der Waals surface area contributed by atoms with Gasteiger partial charge in [0, 0.05) is 65.3 Å². The van der Waals surface area contributed by atoms with Crippen LogP contribution < -0.4 is 0 Å². The molecule has 0 spiro atoms. The maximum Gasteiger partial charge on any atom is 0.165 e. The van der Waals surface area contributed by atoms with E-state index in [0.717, 1.165) is 149 Å². The Kier molecular flexibility index (Phi) is 10.2. The molecule has 7 heteroatoms. The van der Waals surface area contributed by atoms with Crippen molar-refractivity contribution >= 4 is 87.2 Å². The minimum atomic E-state index is 0.623. The summed E-state index contributed by atoms with van der Waals surface area (Å²) in [5.74, 6) is 2.18. The molecule has 0 aliphatic carbocycles. The zero-order valence-corrected chi connectivity index (χ0v) is 44.3. The van der Waals surface area contributed by atoms with Gasteiger partial charge >= 0.3 is 0 Å². The topological polar surface area (TPSA) is 58.4 Å². The fraction of sp³-hybridized carbons (Fsp3) is 0. The molecule has 0 unspecified atom stereocenters. The number of hydrogen-bond acceptors (Lipinski definition) is 3. The average Bonchev–Trinajstić information content (AvgIpc) is 4.09. The summed E-state index contributed by atoms with van der Waals surface area (Å²) in [6.45, 7) is 0. The Morgan fingerprint density at radius 1 is 0.207 bits per heavy atom. The summed E-state index contributed by atoms with van der Waals surface area (Å²) >= 11 is 0. The molecule has 0 radical (unpaired) electrons. The first kappa shape index (κ1) is 45.8. The van der Waals surface area contributed by atoms with E-state index in [1.807, 2.05) is 12.1 Å². The van der Waals surface area contributed by atoms with E-state index in [2.05, 4.69) is 291 Å². The molecule has 0 amide bonds. The number of para-hydroxylation sites is 8. The summed E-state index contributed by atoms with van der Waals surface area (Å²) in [6.07, 6.45) is 0. The first-order valence-corrected chi connectivity index (χ1v) is 27.9. The zero-order chi connectivity index (χ0) is 53.8. The molecule has 0 atom stereocenters. The lowest BCUT2D eigenvalue weighted by atomic mass is 9.98. The Bertz CT molecular complexity index is 4890. The normalized spacial score (nSPS) is 11.9. The highest BCUT2D eigenvalue weighted by atomic mass is 15.2. The molecule has 82 heavy (non-hydrogen) atoms. The number of hydrogen-bond donors (Lipinski definition) is 0. The van der Waals surface area contributed by atoms with Crippen molar-refractivity contribution in [1.82, 2.24) is 33.2 Å². The Morgan fingerprint density at radius 3 is 0.805 bits per heavy atom. The van der Waals surface area contributed by atoms with Crippen LogP contribution in [0.5, 0.6) is 0 Å². The lowest BCUT2D eigenvalue weighted by Gasteiger charge is -2.27. The molecule has 0 bridgehead atoms. The number of pyridine rings is 1. The van der Waals surface area contributed by atoms with Crippen LogP contribution in [0.15, 0.2) is 285 Å². The van der Waals surface area contributed by atoms with Crippen molar-refractivity contribution in [3.8, 4) is 68.0 Å². The number of rotatable bonds is 8. The van der Waals surface area contributed by atoms with E-state index in [1.54, 1.807) is 0 Å². The second-order valence-electron chi connectivity index (χ2n) is 21.1.